The van der Waals surface area contributed by atoms with Crippen LogP contribution in [0.4, 0.5) is 5.69 Å². The Bertz CT molecular complexity index is 1430. The topological polar surface area (TPSA) is 86.8 Å². The van der Waals surface area contributed by atoms with Crippen molar-refractivity contribution >= 4 is 43.5 Å². The van der Waals surface area contributed by atoms with E-state index < -0.39 is 34.1 Å². The van der Waals surface area contributed by atoms with Crippen LogP contribution in [0.15, 0.2) is 82.2 Å². The minimum Gasteiger partial charge on any atom is -0.350 e. The molecule has 2 amide bonds. The van der Waals surface area contributed by atoms with E-state index in [-0.39, 0.29) is 17.3 Å². The molecule has 3 aromatic rings. The molecule has 9 heteroatoms. The predicted octanol–water partition coefficient (Wildman–Crippen LogP) is 5.59. The first-order chi connectivity index (χ1) is 18.2. The van der Waals surface area contributed by atoms with Crippen LogP contribution in [0.3, 0.4) is 0 Å². The SMILES string of the molecule is Cc1ccc(S(=O)(=O)N(CC(=O)N(Cc2ccccc2C)C(C)C(=O)NC(C)(C)C)c2cccc(Br)c2)cc1. The lowest BCUT2D eigenvalue weighted by Gasteiger charge is -2.33. The average Bonchev–Trinajstić information content (AvgIpc) is 2.85. The van der Waals surface area contributed by atoms with E-state index in [1.807, 2.05) is 58.9 Å². The standard InChI is InChI=1S/C30H36BrN3O4S/c1-21-14-16-27(17-15-21)39(37,38)34(26-13-9-12-25(31)18-26)20-28(35)33(19-24-11-8-7-10-22(24)2)23(3)29(36)32-30(4,5)6/h7-18,23H,19-20H2,1-6H3,(H,32,36). The first-order valence-corrected chi connectivity index (χ1v) is 14.9. The number of anilines is 1. The van der Waals surface area contributed by atoms with Crippen molar-refractivity contribution in [3.63, 3.8) is 0 Å². The van der Waals surface area contributed by atoms with E-state index in [2.05, 4.69) is 21.2 Å². The van der Waals surface area contributed by atoms with Crippen LogP contribution >= 0.6 is 15.9 Å². The normalized spacial score (nSPS) is 12.5. The molecule has 1 atom stereocenters. The summed E-state index contributed by atoms with van der Waals surface area (Å²) in [5.41, 5.74) is 2.59. The summed E-state index contributed by atoms with van der Waals surface area (Å²) in [6, 6.07) is 20.1. The zero-order valence-corrected chi connectivity index (χ0v) is 25.6. The third-order valence-corrected chi connectivity index (χ3v) is 8.53. The molecule has 0 aliphatic heterocycles. The maximum atomic E-state index is 14.0. The molecular formula is C30H36BrN3O4S. The Hall–Kier alpha value is -3.17. The lowest BCUT2D eigenvalue weighted by Crippen LogP contribution is -2.54. The first kappa shape index (κ1) is 30.4. The zero-order chi connectivity index (χ0) is 29.0. The lowest BCUT2D eigenvalue weighted by molar-refractivity contribution is -0.140. The van der Waals surface area contributed by atoms with Gasteiger partial charge in [-0.1, -0.05) is 64.0 Å². The fourth-order valence-corrected chi connectivity index (χ4v) is 5.82. The summed E-state index contributed by atoms with van der Waals surface area (Å²) in [5.74, 6) is -0.815. The molecule has 0 aliphatic rings. The van der Waals surface area contributed by atoms with Gasteiger partial charge in [-0.3, -0.25) is 13.9 Å². The van der Waals surface area contributed by atoms with Gasteiger partial charge in [0.1, 0.15) is 12.6 Å². The number of hydrogen-bond donors (Lipinski definition) is 1. The van der Waals surface area contributed by atoms with Crippen molar-refractivity contribution in [3.8, 4) is 0 Å². The molecule has 3 aromatic carbocycles. The van der Waals surface area contributed by atoms with E-state index in [1.165, 1.54) is 17.0 Å². The molecule has 7 nitrogen and oxygen atoms in total. The Kier molecular flexibility index (Phi) is 9.61. The number of carbonyl (C=O) groups is 2. The highest BCUT2D eigenvalue weighted by atomic mass is 79.9. The number of nitrogens with zero attached hydrogens (tertiary/aromatic N) is 2. The van der Waals surface area contributed by atoms with Crippen LogP contribution in [0.5, 0.6) is 0 Å². The summed E-state index contributed by atoms with van der Waals surface area (Å²) >= 11 is 3.41. The van der Waals surface area contributed by atoms with Gasteiger partial charge in [0.25, 0.3) is 10.0 Å². The van der Waals surface area contributed by atoms with Gasteiger partial charge in [0, 0.05) is 16.6 Å². The molecule has 0 bridgehead atoms. The number of halogens is 1. The zero-order valence-electron chi connectivity index (χ0n) is 23.2. The van der Waals surface area contributed by atoms with E-state index >= 15 is 0 Å². The van der Waals surface area contributed by atoms with Gasteiger partial charge in [-0.05, 0) is 83.0 Å². The van der Waals surface area contributed by atoms with Gasteiger partial charge in [0.15, 0.2) is 0 Å². The maximum Gasteiger partial charge on any atom is 0.264 e. The van der Waals surface area contributed by atoms with E-state index in [1.54, 1.807) is 43.3 Å². The maximum absolute atomic E-state index is 14.0. The van der Waals surface area contributed by atoms with Gasteiger partial charge in [-0.15, -0.1) is 0 Å². The van der Waals surface area contributed by atoms with Gasteiger partial charge >= 0.3 is 0 Å². The van der Waals surface area contributed by atoms with Crippen LogP contribution < -0.4 is 9.62 Å². The van der Waals surface area contributed by atoms with Crippen molar-refractivity contribution in [2.45, 2.75) is 64.6 Å². The molecule has 208 valence electrons. The molecule has 1 unspecified atom stereocenters. The van der Waals surface area contributed by atoms with Crippen LogP contribution in [-0.2, 0) is 26.2 Å². The number of carbonyl (C=O) groups excluding carboxylic acids is 2. The minimum atomic E-state index is -4.11. The van der Waals surface area contributed by atoms with E-state index in [9.17, 15) is 18.0 Å². The summed E-state index contributed by atoms with van der Waals surface area (Å²) in [7, 11) is -4.11. The number of nitrogens with one attached hydrogen (secondary N) is 1. The van der Waals surface area contributed by atoms with Crippen LogP contribution in [-0.4, -0.2) is 43.3 Å². The summed E-state index contributed by atoms with van der Waals surface area (Å²) in [6.07, 6.45) is 0. The molecule has 3 rings (SSSR count). The lowest BCUT2D eigenvalue weighted by atomic mass is 10.1. The van der Waals surface area contributed by atoms with Crippen molar-refractivity contribution in [1.29, 1.82) is 0 Å². The second-order valence-corrected chi connectivity index (χ2v) is 13.4. The molecule has 0 heterocycles. The third-order valence-electron chi connectivity index (χ3n) is 6.25. The molecule has 0 aliphatic carbocycles. The molecule has 0 saturated heterocycles. The van der Waals surface area contributed by atoms with E-state index in [0.717, 1.165) is 21.0 Å². The van der Waals surface area contributed by atoms with Crippen molar-refractivity contribution in [3.05, 3.63) is 94.0 Å². The summed E-state index contributed by atoms with van der Waals surface area (Å²) in [5, 5.41) is 2.94. The first-order valence-electron chi connectivity index (χ1n) is 12.7. The molecular weight excluding hydrogens is 578 g/mol. The molecule has 39 heavy (non-hydrogen) atoms. The second kappa shape index (κ2) is 12.3. The average molecular weight is 615 g/mol. The summed E-state index contributed by atoms with van der Waals surface area (Å²) in [4.78, 5) is 28.7. The second-order valence-electron chi connectivity index (χ2n) is 10.7. The number of aryl methyl sites for hydroxylation is 2. The van der Waals surface area contributed by atoms with Crippen molar-refractivity contribution in [1.82, 2.24) is 10.2 Å². The monoisotopic (exact) mass is 613 g/mol. The van der Waals surface area contributed by atoms with Crippen molar-refractivity contribution < 1.29 is 18.0 Å². The molecule has 0 radical (unpaired) electrons. The molecule has 0 saturated carbocycles. The van der Waals surface area contributed by atoms with Crippen LogP contribution in [0.1, 0.15) is 44.4 Å². The number of rotatable bonds is 9. The fraction of sp³-hybridized carbons (Fsp3) is 0.333. The van der Waals surface area contributed by atoms with Gasteiger partial charge in [-0.2, -0.15) is 0 Å². The minimum absolute atomic E-state index is 0.0739. The number of benzene rings is 3. The Morgan fingerprint density at radius 1 is 0.949 bits per heavy atom. The molecule has 0 spiro atoms. The Morgan fingerprint density at radius 2 is 1.59 bits per heavy atom. The smallest absolute Gasteiger partial charge is 0.264 e. The fourth-order valence-electron chi connectivity index (χ4n) is 4.03. The highest BCUT2D eigenvalue weighted by Crippen LogP contribution is 2.27. The Morgan fingerprint density at radius 3 is 2.18 bits per heavy atom. The number of hydrogen-bond acceptors (Lipinski definition) is 4. The van der Waals surface area contributed by atoms with Crippen LogP contribution in [0.25, 0.3) is 0 Å². The van der Waals surface area contributed by atoms with Gasteiger partial charge in [0.05, 0.1) is 10.6 Å². The van der Waals surface area contributed by atoms with E-state index in [0.29, 0.717) is 10.2 Å². The summed E-state index contributed by atoms with van der Waals surface area (Å²) < 4.78 is 29.5. The predicted molar refractivity (Wildman–Crippen MR) is 159 cm³/mol. The molecule has 1 N–H and O–H groups in total. The van der Waals surface area contributed by atoms with Gasteiger partial charge in [0.2, 0.25) is 11.8 Å². The number of sulfonamides is 1. The quantitative estimate of drug-likeness (QED) is 0.341. The van der Waals surface area contributed by atoms with Crippen molar-refractivity contribution in [2.75, 3.05) is 10.8 Å². The molecule has 0 aromatic heterocycles. The van der Waals surface area contributed by atoms with Crippen molar-refractivity contribution in [2.24, 2.45) is 0 Å². The Balaban J connectivity index is 2.05. The highest BCUT2D eigenvalue weighted by Gasteiger charge is 2.33. The summed E-state index contributed by atoms with van der Waals surface area (Å²) in [6.45, 7) is 10.8. The van der Waals surface area contributed by atoms with Gasteiger partial charge in [-0.25, -0.2) is 8.42 Å². The number of amides is 2. The van der Waals surface area contributed by atoms with Crippen LogP contribution in [0.2, 0.25) is 0 Å². The molecule has 0 fully saturated rings. The van der Waals surface area contributed by atoms with Crippen LogP contribution in [0, 0.1) is 13.8 Å². The van der Waals surface area contributed by atoms with E-state index in [4.69, 9.17) is 0 Å². The Labute approximate surface area is 240 Å². The highest BCUT2D eigenvalue weighted by molar-refractivity contribution is 9.10. The third kappa shape index (κ3) is 7.92. The largest absolute Gasteiger partial charge is 0.350 e. The van der Waals surface area contributed by atoms with Gasteiger partial charge < -0.3 is 10.2 Å².